The van der Waals surface area contributed by atoms with Gasteiger partial charge in [0.15, 0.2) is 5.82 Å². The predicted octanol–water partition coefficient (Wildman–Crippen LogP) is 5.60. The molecule has 3 saturated carbocycles. The lowest BCUT2D eigenvalue weighted by Crippen LogP contribution is -2.41. The van der Waals surface area contributed by atoms with E-state index in [1.54, 1.807) is 7.11 Å². The molecule has 4 aliphatic rings. The van der Waals surface area contributed by atoms with Crippen LogP contribution in [0.25, 0.3) is 39.5 Å². The maximum atomic E-state index is 13.7. The van der Waals surface area contributed by atoms with Gasteiger partial charge in [0, 0.05) is 48.7 Å². The molecule has 3 aliphatic carbocycles. The van der Waals surface area contributed by atoms with Crippen LogP contribution in [-0.2, 0) is 13.6 Å². The Kier molecular flexibility index (Phi) is 5.43. The quantitative estimate of drug-likeness (QED) is 0.334. The normalized spacial score (nSPS) is 24.3. The van der Waals surface area contributed by atoms with Crippen molar-refractivity contribution in [1.82, 2.24) is 19.0 Å². The van der Waals surface area contributed by atoms with Crippen molar-refractivity contribution < 1.29 is 9.53 Å². The Hall–Kier alpha value is -3.58. The van der Waals surface area contributed by atoms with Crippen LogP contribution in [0, 0.1) is 17.8 Å². The lowest BCUT2D eigenvalue weighted by Gasteiger charge is -2.27. The summed E-state index contributed by atoms with van der Waals surface area (Å²) in [7, 11) is 3.72. The third kappa shape index (κ3) is 3.89. The Morgan fingerprint density at radius 3 is 2.65 bits per heavy atom. The van der Waals surface area contributed by atoms with Gasteiger partial charge in [-0.15, -0.1) is 0 Å². The van der Waals surface area contributed by atoms with Gasteiger partial charge in [0.05, 0.1) is 18.3 Å². The van der Waals surface area contributed by atoms with Gasteiger partial charge >= 0.3 is 0 Å². The largest absolute Gasteiger partial charge is 0.494 e. The van der Waals surface area contributed by atoms with Crippen molar-refractivity contribution in [1.29, 1.82) is 0 Å². The lowest BCUT2D eigenvalue weighted by atomic mass is 10.1. The van der Waals surface area contributed by atoms with Crippen LogP contribution in [0.1, 0.15) is 54.4 Å². The Labute approximate surface area is 234 Å². The number of hydrogen-bond donors (Lipinski definition) is 1. The van der Waals surface area contributed by atoms with Gasteiger partial charge < -0.3 is 24.5 Å². The Balaban J connectivity index is 1.22. The van der Waals surface area contributed by atoms with Crippen LogP contribution < -0.4 is 10.5 Å². The summed E-state index contributed by atoms with van der Waals surface area (Å²) in [5.74, 6) is 3.50. The third-order valence-corrected chi connectivity index (χ3v) is 9.79. The highest BCUT2D eigenvalue weighted by Gasteiger charge is 2.47. The number of amides is 1. The molecule has 3 heterocycles. The van der Waals surface area contributed by atoms with Gasteiger partial charge in [0.2, 0.25) is 0 Å². The summed E-state index contributed by atoms with van der Waals surface area (Å²) >= 11 is 0. The number of hydrogen-bond acceptors (Lipinski definition) is 4. The first-order chi connectivity index (χ1) is 19.5. The Morgan fingerprint density at radius 1 is 1.10 bits per heavy atom. The van der Waals surface area contributed by atoms with Crippen molar-refractivity contribution >= 4 is 33.9 Å². The fraction of sp³-hybridized carbons (Fsp3) is 0.455. The molecule has 40 heavy (non-hydrogen) atoms. The molecule has 0 radical (unpaired) electrons. The van der Waals surface area contributed by atoms with E-state index in [1.807, 2.05) is 17.0 Å². The summed E-state index contributed by atoms with van der Waals surface area (Å²) in [5.41, 5.74) is 12.3. The predicted molar refractivity (Wildman–Crippen MR) is 158 cm³/mol. The molecular formula is C33H37N5O2. The molecule has 2 aromatic heterocycles. The van der Waals surface area contributed by atoms with Crippen molar-refractivity contribution in [3.05, 3.63) is 53.6 Å². The zero-order chi connectivity index (χ0) is 27.1. The molecule has 3 atom stereocenters. The fourth-order valence-corrected chi connectivity index (χ4v) is 7.14. The van der Waals surface area contributed by atoms with Crippen LogP contribution in [0.2, 0.25) is 0 Å². The van der Waals surface area contributed by atoms with Gasteiger partial charge in [-0.3, -0.25) is 4.79 Å². The van der Waals surface area contributed by atoms with E-state index in [4.69, 9.17) is 15.5 Å². The third-order valence-electron chi connectivity index (χ3n) is 9.79. The summed E-state index contributed by atoms with van der Waals surface area (Å²) < 4.78 is 10.4. The van der Waals surface area contributed by atoms with Gasteiger partial charge in [-0.2, -0.15) is 0 Å². The number of rotatable bonds is 7. The first-order valence-electron chi connectivity index (χ1n) is 14.9. The Bertz CT molecular complexity index is 1690. The van der Waals surface area contributed by atoms with E-state index in [2.05, 4.69) is 52.6 Å². The van der Waals surface area contributed by atoms with Gasteiger partial charge in [-0.1, -0.05) is 18.2 Å². The van der Waals surface area contributed by atoms with Crippen molar-refractivity contribution in [3.8, 4) is 17.3 Å². The Morgan fingerprint density at radius 2 is 1.95 bits per heavy atom. The molecule has 7 heteroatoms. The average molecular weight is 536 g/mol. The number of fused-ring (bicyclic) bond motifs is 4. The van der Waals surface area contributed by atoms with Crippen LogP contribution in [0.4, 0.5) is 0 Å². The number of nitrogens with zero attached hydrogens (tertiary/aromatic N) is 4. The molecule has 206 valence electrons. The number of carbonyl (C=O) groups is 1. The summed E-state index contributed by atoms with van der Waals surface area (Å²) in [4.78, 5) is 20.8. The van der Waals surface area contributed by atoms with Crippen LogP contribution in [0.15, 0.2) is 42.5 Å². The number of allylic oxidation sites excluding steroid dienone is 1. The number of imidazole rings is 1. The van der Waals surface area contributed by atoms with E-state index in [1.165, 1.54) is 42.1 Å². The SMILES string of the molecule is COc1cc(C(=O)N2C[C@H]3CCC2[C@@H]3N)cc2nc(-c3cc4cc(/C=C/C5CC5)ccc4n3CC3CC3)n(C)c12. The summed E-state index contributed by atoms with van der Waals surface area (Å²) in [6.07, 6.45) is 11.9. The molecule has 4 fully saturated rings. The highest BCUT2D eigenvalue weighted by molar-refractivity contribution is 6.00. The number of benzene rings is 2. The first kappa shape index (κ1) is 24.2. The van der Waals surface area contributed by atoms with Crippen molar-refractivity contribution in [3.63, 3.8) is 0 Å². The zero-order valence-electron chi connectivity index (χ0n) is 23.3. The van der Waals surface area contributed by atoms with E-state index in [-0.39, 0.29) is 18.0 Å². The van der Waals surface area contributed by atoms with E-state index < -0.39 is 0 Å². The number of nitrogens with two attached hydrogens (primary N) is 1. The lowest BCUT2D eigenvalue weighted by molar-refractivity contribution is 0.0700. The standard InChI is InChI=1S/C33H37N5O2/c1-36-31-25(14-24(16-29(31)40-2)33(39)38-18-22-10-12-27(38)30(22)34)35-32(36)28-15-23-13-20(6-5-19-3-4-19)9-11-26(23)37(28)17-21-7-8-21/h5-6,9,11,13-16,19,21-22,27,30H,3-4,7-8,10,12,17-18,34H2,1-2H3/b6-5+/t22-,27?,30-/m1/s1. The molecule has 8 rings (SSSR count). The van der Waals surface area contributed by atoms with Crippen molar-refractivity contribution in [2.75, 3.05) is 13.7 Å². The van der Waals surface area contributed by atoms with Gasteiger partial charge in [0.25, 0.3) is 5.91 Å². The average Bonchev–Trinajstić information content (AvgIpc) is 3.87. The van der Waals surface area contributed by atoms with E-state index >= 15 is 0 Å². The van der Waals surface area contributed by atoms with Gasteiger partial charge in [-0.05, 0) is 92.2 Å². The van der Waals surface area contributed by atoms with Crippen LogP contribution in [0.5, 0.6) is 5.75 Å². The minimum Gasteiger partial charge on any atom is -0.494 e. The number of carbonyl (C=O) groups excluding carboxylic acids is 1. The monoisotopic (exact) mass is 535 g/mol. The zero-order valence-corrected chi connectivity index (χ0v) is 23.3. The fourth-order valence-electron chi connectivity index (χ4n) is 7.14. The van der Waals surface area contributed by atoms with Crippen molar-refractivity contribution in [2.24, 2.45) is 30.5 Å². The van der Waals surface area contributed by atoms with E-state index in [0.717, 1.165) is 60.3 Å². The minimum absolute atomic E-state index is 0.0321. The molecule has 1 aliphatic heterocycles. The smallest absolute Gasteiger partial charge is 0.254 e. The maximum absolute atomic E-state index is 13.7. The number of ether oxygens (including phenoxy) is 1. The molecule has 7 nitrogen and oxygen atoms in total. The van der Waals surface area contributed by atoms with Crippen LogP contribution in [-0.4, -0.2) is 50.7 Å². The number of aromatic nitrogens is 3. The number of piperidine rings is 1. The molecule has 2 bridgehead atoms. The summed E-state index contributed by atoms with van der Waals surface area (Å²) in [5, 5.41) is 1.24. The van der Waals surface area contributed by atoms with Crippen molar-refractivity contribution in [2.45, 2.75) is 57.2 Å². The van der Waals surface area contributed by atoms with Crippen LogP contribution >= 0.6 is 0 Å². The van der Waals surface area contributed by atoms with E-state index in [0.29, 0.717) is 17.2 Å². The second-order valence-electron chi connectivity index (χ2n) is 12.6. The number of likely N-dealkylation sites (tertiary alicyclic amines) is 1. The second kappa shape index (κ2) is 8.96. The van der Waals surface area contributed by atoms with E-state index in [9.17, 15) is 4.79 Å². The molecule has 2 aromatic carbocycles. The number of methoxy groups -OCH3 is 1. The molecule has 1 amide bonds. The maximum Gasteiger partial charge on any atom is 0.254 e. The molecular weight excluding hydrogens is 498 g/mol. The molecule has 2 N–H and O–H groups in total. The van der Waals surface area contributed by atoms with Crippen LogP contribution in [0.3, 0.4) is 0 Å². The highest BCUT2D eigenvalue weighted by atomic mass is 16.5. The molecule has 0 spiro atoms. The summed E-state index contributed by atoms with van der Waals surface area (Å²) in [6.45, 7) is 1.75. The topological polar surface area (TPSA) is 78.3 Å². The van der Waals surface area contributed by atoms with Gasteiger partial charge in [-0.25, -0.2) is 4.98 Å². The minimum atomic E-state index is 0.0321. The van der Waals surface area contributed by atoms with Gasteiger partial charge in [0.1, 0.15) is 11.3 Å². The first-order valence-corrected chi connectivity index (χ1v) is 14.9. The second-order valence-corrected chi connectivity index (χ2v) is 12.6. The summed E-state index contributed by atoms with van der Waals surface area (Å²) in [6, 6.07) is 13.1. The highest BCUT2D eigenvalue weighted by Crippen LogP contribution is 2.40. The molecule has 4 aromatic rings. The number of aryl methyl sites for hydroxylation is 1. The molecule has 1 saturated heterocycles. The molecule has 1 unspecified atom stereocenters.